The SMILES string of the molecule is O=C(CCC(=O)O[n+]1cccc2ncccc21)O[n+]1cccc2ncccc21. The van der Waals surface area contributed by atoms with Crippen LogP contribution >= 0.6 is 0 Å². The Labute approximate surface area is 159 Å². The molecule has 0 aliphatic carbocycles. The second-order valence-electron chi connectivity index (χ2n) is 5.91. The Hall–Kier alpha value is -3.94. The Kier molecular flexibility index (Phi) is 4.83. The summed E-state index contributed by atoms with van der Waals surface area (Å²) in [5.41, 5.74) is 2.69. The number of pyridine rings is 4. The van der Waals surface area contributed by atoms with E-state index < -0.39 is 11.9 Å². The van der Waals surface area contributed by atoms with Crippen molar-refractivity contribution in [3.8, 4) is 0 Å². The van der Waals surface area contributed by atoms with Gasteiger partial charge in [-0.1, -0.05) is 0 Å². The van der Waals surface area contributed by atoms with Gasteiger partial charge in [0, 0.05) is 46.1 Å². The van der Waals surface area contributed by atoms with Crippen molar-refractivity contribution in [2.24, 2.45) is 0 Å². The number of carbonyl (C=O) groups excluding carboxylic acids is 2. The van der Waals surface area contributed by atoms with E-state index in [1.54, 1.807) is 61.2 Å². The predicted octanol–water partition coefficient (Wildman–Crippen LogP) is 0.749. The normalized spacial score (nSPS) is 10.7. The molecule has 0 saturated carbocycles. The molecule has 0 atom stereocenters. The van der Waals surface area contributed by atoms with Crippen LogP contribution in [0.3, 0.4) is 0 Å². The lowest BCUT2D eigenvalue weighted by atomic mass is 10.3. The lowest BCUT2D eigenvalue weighted by molar-refractivity contribution is -0.849. The highest BCUT2D eigenvalue weighted by molar-refractivity contribution is 5.78. The zero-order valence-electron chi connectivity index (χ0n) is 14.8. The van der Waals surface area contributed by atoms with Crippen LogP contribution in [0.5, 0.6) is 0 Å². The van der Waals surface area contributed by atoms with Gasteiger partial charge in [0.05, 0.1) is 12.8 Å². The van der Waals surface area contributed by atoms with Crippen LogP contribution in [0, 0.1) is 0 Å². The van der Waals surface area contributed by atoms with Crippen LogP contribution in [0.15, 0.2) is 73.3 Å². The third-order valence-corrected chi connectivity index (χ3v) is 3.99. The van der Waals surface area contributed by atoms with Crippen molar-refractivity contribution >= 4 is 34.0 Å². The Morgan fingerprint density at radius 3 is 1.64 bits per heavy atom. The first-order valence-corrected chi connectivity index (χ1v) is 8.64. The van der Waals surface area contributed by atoms with E-state index in [2.05, 4.69) is 9.97 Å². The lowest BCUT2D eigenvalue weighted by Gasteiger charge is -2.00. The molecule has 0 fully saturated rings. The maximum atomic E-state index is 12.1. The maximum Gasteiger partial charge on any atom is 0.381 e. The third kappa shape index (κ3) is 3.75. The van der Waals surface area contributed by atoms with E-state index in [-0.39, 0.29) is 12.8 Å². The zero-order valence-corrected chi connectivity index (χ0v) is 14.8. The first kappa shape index (κ1) is 17.5. The van der Waals surface area contributed by atoms with Gasteiger partial charge in [0.1, 0.15) is 11.0 Å². The van der Waals surface area contributed by atoms with Crippen molar-refractivity contribution in [1.29, 1.82) is 0 Å². The van der Waals surface area contributed by atoms with Gasteiger partial charge in [0.15, 0.2) is 0 Å². The van der Waals surface area contributed by atoms with Crippen molar-refractivity contribution in [2.45, 2.75) is 12.8 Å². The van der Waals surface area contributed by atoms with Crippen molar-refractivity contribution in [1.82, 2.24) is 9.97 Å². The molecule has 4 aromatic rings. The minimum Gasteiger partial charge on any atom is -0.250 e. The molecule has 0 spiro atoms. The van der Waals surface area contributed by atoms with Crippen molar-refractivity contribution < 1.29 is 28.7 Å². The standard InChI is InChI=1S/C20H16N4O4/c25-19(27-23-13-3-5-15-17(23)7-1-11-21-15)9-10-20(26)28-24-14-4-6-16-18(24)8-2-12-22-16/h1-8,11-14H,9-10H2/q+2. The number of aromatic nitrogens is 4. The van der Waals surface area contributed by atoms with E-state index >= 15 is 0 Å². The second kappa shape index (κ2) is 7.75. The Balaban J connectivity index is 1.38. The van der Waals surface area contributed by atoms with Crippen molar-refractivity contribution in [3.05, 3.63) is 73.3 Å². The highest BCUT2D eigenvalue weighted by Crippen LogP contribution is 2.05. The first-order chi connectivity index (χ1) is 13.7. The molecule has 0 amide bonds. The summed E-state index contributed by atoms with van der Waals surface area (Å²) in [6, 6.07) is 14.1. The second-order valence-corrected chi connectivity index (χ2v) is 5.91. The van der Waals surface area contributed by atoms with E-state index in [0.29, 0.717) is 22.1 Å². The molecule has 138 valence electrons. The summed E-state index contributed by atoms with van der Waals surface area (Å²) in [6.45, 7) is 0. The molecular weight excluding hydrogens is 360 g/mol. The molecule has 28 heavy (non-hydrogen) atoms. The van der Waals surface area contributed by atoms with Gasteiger partial charge in [0.2, 0.25) is 12.4 Å². The summed E-state index contributed by atoms with van der Waals surface area (Å²) in [5, 5.41) is 0. The fraction of sp³-hybridized carbons (Fsp3) is 0.100. The van der Waals surface area contributed by atoms with Gasteiger partial charge >= 0.3 is 11.9 Å². The van der Waals surface area contributed by atoms with E-state index in [4.69, 9.17) is 9.68 Å². The molecule has 0 radical (unpaired) electrons. The molecule has 0 bridgehead atoms. The molecule has 0 N–H and O–H groups in total. The van der Waals surface area contributed by atoms with Crippen LogP contribution in [0.25, 0.3) is 22.1 Å². The monoisotopic (exact) mass is 376 g/mol. The van der Waals surface area contributed by atoms with Crippen molar-refractivity contribution in [2.75, 3.05) is 0 Å². The van der Waals surface area contributed by atoms with Gasteiger partial charge in [-0.3, -0.25) is 0 Å². The summed E-state index contributed by atoms with van der Waals surface area (Å²) in [4.78, 5) is 43.3. The Bertz CT molecular complexity index is 1080. The minimum atomic E-state index is -0.553. The van der Waals surface area contributed by atoms with E-state index in [1.165, 1.54) is 9.46 Å². The molecule has 4 aromatic heterocycles. The number of hydrogen-bond acceptors (Lipinski definition) is 6. The van der Waals surface area contributed by atoms with Crippen LogP contribution < -0.4 is 19.1 Å². The molecule has 0 aliphatic rings. The quantitative estimate of drug-likeness (QED) is 0.478. The molecule has 0 aliphatic heterocycles. The minimum absolute atomic E-state index is 0.119. The summed E-state index contributed by atoms with van der Waals surface area (Å²) < 4.78 is 2.67. The third-order valence-electron chi connectivity index (χ3n) is 3.99. The van der Waals surface area contributed by atoms with E-state index in [1.807, 2.05) is 12.1 Å². The van der Waals surface area contributed by atoms with Crippen LogP contribution in [-0.4, -0.2) is 21.9 Å². The van der Waals surface area contributed by atoms with Crippen LogP contribution in [-0.2, 0) is 9.59 Å². The van der Waals surface area contributed by atoms with E-state index in [0.717, 1.165) is 0 Å². The van der Waals surface area contributed by atoms with Gasteiger partial charge in [-0.15, -0.1) is 0 Å². The first-order valence-electron chi connectivity index (χ1n) is 8.64. The molecule has 4 heterocycles. The molecule has 0 saturated heterocycles. The highest BCUT2D eigenvalue weighted by Gasteiger charge is 2.20. The number of hydrogen-bond donors (Lipinski definition) is 0. The highest BCUT2D eigenvalue weighted by atomic mass is 16.7. The average molecular weight is 376 g/mol. The summed E-state index contributed by atoms with van der Waals surface area (Å²) in [6.07, 6.45) is 6.30. The zero-order chi connectivity index (χ0) is 19.3. The van der Waals surface area contributed by atoms with E-state index in [9.17, 15) is 9.59 Å². The largest absolute Gasteiger partial charge is 0.381 e. The molecule has 8 heteroatoms. The van der Waals surface area contributed by atoms with Crippen LogP contribution in [0.1, 0.15) is 12.8 Å². The molecular formula is C20H16N4O4+2. The Morgan fingerprint density at radius 1 is 0.714 bits per heavy atom. The fourth-order valence-corrected chi connectivity index (χ4v) is 2.71. The van der Waals surface area contributed by atoms with Gasteiger partial charge in [-0.05, 0) is 24.3 Å². The summed E-state index contributed by atoms with van der Waals surface area (Å²) in [7, 11) is 0. The summed E-state index contributed by atoms with van der Waals surface area (Å²) >= 11 is 0. The average Bonchev–Trinajstić information content (AvgIpc) is 2.73. The fourth-order valence-electron chi connectivity index (χ4n) is 2.71. The molecule has 0 aromatic carbocycles. The van der Waals surface area contributed by atoms with Crippen molar-refractivity contribution in [3.63, 3.8) is 0 Å². The molecule has 8 nitrogen and oxygen atoms in total. The number of nitrogens with zero attached hydrogens (tertiary/aromatic N) is 4. The van der Waals surface area contributed by atoms with Crippen LogP contribution in [0.4, 0.5) is 0 Å². The topological polar surface area (TPSA) is 86.1 Å². The van der Waals surface area contributed by atoms with Crippen LogP contribution in [0.2, 0.25) is 0 Å². The molecule has 4 rings (SSSR count). The number of carbonyl (C=O) groups is 2. The predicted molar refractivity (Wildman–Crippen MR) is 96.3 cm³/mol. The number of rotatable bonds is 5. The van der Waals surface area contributed by atoms with Gasteiger partial charge in [-0.2, -0.15) is 9.68 Å². The molecule has 0 unspecified atom stereocenters. The summed E-state index contributed by atoms with van der Waals surface area (Å²) in [5.74, 6) is -1.11. The van der Waals surface area contributed by atoms with Gasteiger partial charge in [0.25, 0.3) is 11.0 Å². The lowest BCUT2D eigenvalue weighted by Crippen LogP contribution is -2.47. The smallest absolute Gasteiger partial charge is 0.250 e. The number of fused-ring (bicyclic) bond motifs is 2. The van der Waals surface area contributed by atoms with Gasteiger partial charge < -0.3 is 0 Å². The Morgan fingerprint density at radius 2 is 1.18 bits per heavy atom. The maximum absolute atomic E-state index is 12.1. The van der Waals surface area contributed by atoms with Gasteiger partial charge in [-0.25, -0.2) is 19.6 Å².